The predicted octanol–water partition coefficient (Wildman–Crippen LogP) is -1.65. The largest absolute Gasteiger partial charge is 0.412 e. The number of hydrogen-bond donors (Lipinski definition) is 0. The van der Waals surface area contributed by atoms with Crippen LogP contribution in [0.2, 0.25) is 0 Å². The third kappa shape index (κ3) is 18.6. The van der Waals surface area contributed by atoms with Gasteiger partial charge in [-0.05, 0) is 0 Å². The molecule has 0 aliphatic carbocycles. The average molecular weight is 596 g/mol. The molecule has 2 radical (unpaired) electrons. The maximum atomic E-state index is 0. The Bertz CT molecular complexity index is 7.61. The molecule has 4 N–H and O–H groups in total. The summed E-state index contributed by atoms with van der Waals surface area (Å²) in [7, 11) is 0. The fourth-order valence-corrected chi connectivity index (χ4v) is 0. The molecule has 0 aromatic rings. The molecule has 0 saturated carbocycles. The van der Waals surface area contributed by atoms with Gasteiger partial charge in [-0.25, -0.2) is 0 Å². The molecule has 5 heavy (non-hydrogen) atoms. The molecular formula is H4Ac2O2Pd. The number of rotatable bonds is 0. The maximum Gasteiger partial charge on any atom is 0 e. The van der Waals surface area contributed by atoms with Crippen molar-refractivity contribution in [2.45, 2.75) is 0 Å². The van der Waals surface area contributed by atoms with Gasteiger partial charge in [-0.1, -0.05) is 0 Å². The van der Waals surface area contributed by atoms with E-state index in [2.05, 4.69) is 0 Å². The molecule has 0 fully saturated rings. The molecule has 0 amide bonds. The molecule has 0 aromatic heterocycles. The van der Waals surface area contributed by atoms with Crippen molar-refractivity contribution in [3.63, 3.8) is 0 Å². The smallest absolute Gasteiger partial charge is 0 e. The summed E-state index contributed by atoms with van der Waals surface area (Å²) < 4.78 is 0. The molecule has 0 rings (SSSR count). The standard InChI is InChI=1S/2Ac.2H2O.Pd/h;;2*1H2;. The van der Waals surface area contributed by atoms with Crippen molar-refractivity contribution in [2.75, 3.05) is 0 Å². The second-order valence-electron chi connectivity index (χ2n) is 0. The van der Waals surface area contributed by atoms with Crippen molar-refractivity contribution >= 4 is 0 Å². The van der Waals surface area contributed by atoms with Gasteiger partial charge in [-0.3, -0.25) is 0 Å². The summed E-state index contributed by atoms with van der Waals surface area (Å²) >= 11 is 0. The number of hydrogen-bond acceptors (Lipinski definition) is 0. The molecule has 0 aliphatic rings. The Morgan fingerprint density at radius 2 is 0.600 bits per heavy atom. The summed E-state index contributed by atoms with van der Waals surface area (Å²) in [6.45, 7) is 0. The van der Waals surface area contributed by atoms with Gasteiger partial charge < -0.3 is 11.0 Å². The summed E-state index contributed by atoms with van der Waals surface area (Å²) in [6.07, 6.45) is 0. The Morgan fingerprint density at radius 3 is 0.600 bits per heavy atom. The first-order valence-electron chi connectivity index (χ1n) is 0. The molecule has 0 aliphatic heterocycles. The molecule has 5 heteroatoms. The van der Waals surface area contributed by atoms with Crippen LogP contribution in [-0.4, -0.2) is 11.0 Å². The van der Waals surface area contributed by atoms with Gasteiger partial charge >= 0.3 is 0 Å². The van der Waals surface area contributed by atoms with E-state index in [-0.39, 0.29) is 120 Å². The minimum absolute atomic E-state index is 0. The topological polar surface area (TPSA) is 63.0 Å². The Labute approximate surface area is 116 Å². The van der Waals surface area contributed by atoms with Crippen LogP contribution in [0.15, 0.2) is 0 Å². The van der Waals surface area contributed by atoms with Crippen LogP contribution in [-0.2, 0) is 20.4 Å². The van der Waals surface area contributed by atoms with E-state index < -0.39 is 0 Å². The van der Waals surface area contributed by atoms with Crippen molar-refractivity contribution in [1.29, 1.82) is 0 Å². The summed E-state index contributed by atoms with van der Waals surface area (Å²) in [6, 6.07) is 0. The van der Waals surface area contributed by atoms with Crippen molar-refractivity contribution in [3.05, 3.63) is 0 Å². The van der Waals surface area contributed by atoms with Crippen LogP contribution in [0.25, 0.3) is 0 Å². The quantitative estimate of drug-likeness (QED) is 0.301. The van der Waals surface area contributed by atoms with Crippen LogP contribution in [0.5, 0.6) is 0 Å². The fraction of sp³-hybridized carbons (Fsp3) is 0. The Hall–Kier alpha value is 3.47. The first-order valence-corrected chi connectivity index (χ1v) is 0. The zero-order valence-electron chi connectivity index (χ0n) is 2.47. The van der Waals surface area contributed by atoms with E-state index >= 15 is 0 Å². The van der Waals surface area contributed by atoms with Crippen LogP contribution in [0, 0.1) is 88.1 Å². The van der Waals surface area contributed by atoms with Gasteiger partial charge in [-0.15, -0.1) is 0 Å². The third-order valence-electron chi connectivity index (χ3n) is 0. The van der Waals surface area contributed by atoms with E-state index in [1.54, 1.807) is 0 Å². The normalized spacial score (nSPS) is 0. The van der Waals surface area contributed by atoms with E-state index in [1.807, 2.05) is 0 Å². The maximum absolute atomic E-state index is 0. The third-order valence-corrected chi connectivity index (χ3v) is 0. The molecular weight excluding hydrogens is 592 g/mol. The van der Waals surface area contributed by atoms with Crippen LogP contribution >= 0.6 is 0 Å². The zero-order chi connectivity index (χ0) is 0. The van der Waals surface area contributed by atoms with Gasteiger partial charge in [0.15, 0.2) is 0 Å². The fourth-order valence-electron chi connectivity index (χ4n) is 0. The molecule has 2 nitrogen and oxygen atoms in total. The van der Waals surface area contributed by atoms with Crippen LogP contribution in [0.1, 0.15) is 0 Å². The SMILES string of the molecule is O.O.[Ac].[Ac].[Pd]. The Morgan fingerprint density at radius 1 is 0.600 bits per heavy atom. The molecule has 0 saturated heterocycles. The van der Waals surface area contributed by atoms with E-state index in [1.165, 1.54) is 0 Å². The molecule has 0 atom stereocenters. The first-order chi connectivity index (χ1) is 0. The van der Waals surface area contributed by atoms with Crippen LogP contribution in [0.4, 0.5) is 0 Å². The van der Waals surface area contributed by atoms with Gasteiger partial charge in [-0.2, -0.15) is 0 Å². The molecule has 0 aromatic carbocycles. The van der Waals surface area contributed by atoms with E-state index in [0.717, 1.165) is 0 Å². The van der Waals surface area contributed by atoms with Crippen molar-refractivity contribution in [3.8, 4) is 0 Å². The van der Waals surface area contributed by atoms with E-state index in [9.17, 15) is 0 Å². The van der Waals surface area contributed by atoms with Gasteiger partial charge in [0.05, 0.1) is 0 Å². The Balaban J connectivity index is 0. The van der Waals surface area contributed by atoms with E-state index in [0.29, 0.717) is 0 Å². The molecule has 0 bridgehead atoms. The molecule has 0 heterocycles. The second-order valence-corrected chi connectivity index (χ2v) is 0. The minimum Gasteiger partial charge on any atom is -0.412 e. The molecule has 0 unspecified atom stereocenters. The summed E-state index contributed by atoms with van der Waals surface area (Å²) in [5.74, 6) is 0. The minimum atomic E-state index is 0. The predicted molar refractivity (Wildman–Crippen MR) is 7.23 cm³/mol. The first kappa shape index (κ1) is 39.3. The van der Waals surface area contributed by atoms with Gasteiger partial charge in [0.25, 0.3) is 0 Å². The molecule has 0 spiro atoms. The average Bonchev–Trinajstić information content (AvgIpc) is 0. The van der Waals surface area contributed by atoms with Crippen molar-refractivity contribution in [1.82, 2.24) is 0 Å². The van der Waals surface area contributed by atoms with Gasteiger partial charge in [0.2, 0.25) is 0 Å². The van der Waals surface area contributed by atoms with Crippen LogP contribution in [0.3, 0.4) is 0 Å². The van der Waals surface area contributed by atoms with Gasteiger partial charge in [0, 0.05) is 109 Å². The molecule has 32 valence electrons. The van der Waals surface area contributed by atoms with Crippen molar-refractivity contribution in [2.24, 2.45) is 0 Å². The summed E-state index contributed by atoms with van der Waals surface area (Å²) in [4.78, 5) is 0. The zero-order valence-corrected chi connectivity index (χ0v) is 13.5. The van der Waals surface area contributed by atoms with Gasteiger partial charge in [0.1, 0.15) is 0 Å². The second kappa shape index (κ2) is 26.0. The monoisotopic (exact) mass is 596 g/mol. The van der Waals surface area contributed by atoms with Crippen molar-refractivity contribution < 1.29 is 120 Å². The Kier molecular flexibility index (Phi) is 204. The summed E-state index contributed by atoms with van der Waals surface area (Å²) in [5.41, 5.74) is 0. The van der Waals surface area contributed by atoms with Crippen LogP contribution < -0.4 is 0 Å². The summed E-state index contributed by atoms with van der Waals surface area (Å²) in [5, 5.41) is 0. The van der Waals surface area contributed by atoms with E-state index in [4.69, 9.17) is 0 Å².